The molecule has 3 aromatic rings. The zero-order valence-electron chi connectivity index (χ0n) is 16.0. The lowest BCUT2D eigenvalue weighted by molar-refractivity contribution is -0.120. The van der Waals surface area contributed by atoms with Crippen molar-refractivity contribution in [2.24, 2.45) is 0 Å². The van der Waals surface area contributed by atoms with Crippen LogP contribution in [0.1, 0.15) is 6.92 Å². The molecule has 4 rings (SSSR count). The number of benzene rings is 3. The van der Waals surface area contributed by atoms with E-state index in [2.05, 4.69) is 27.2 Å². The summed E-state index contributed by atoms with van der Waals surface area (Å²) in [5.74, 6) is 0.301. The van der Waals surface area contributed by atoms with Crippen LogP contribution in [0.4, 0.5) is 11.4 Å². The van der Waals surface area contributed by atoms with Crippen molar-refractivity contribution in [2.45, 2.75) is 13.0 Å². The number of carbonyl (C=O) groups is 1. The van der Waals surface area contributed by atoms with E-state index in [-0.39, 0.29) is 17.7 Å². The first-order valence-corrected chi connectivity index (χ1v) is 9.68. The third-order valence-electron chi connectivity index (χ3n) is 5.47. The lowest BCUT2D eigenvalue weighted by Crippen LogP contribution is -2.52. The standard InChI is InChI=1S/C23H25N3O2/c1-17(23(28)24-20-7-6-18-4-2-3-5-19(18)16-20)25-12-14-26(15-13-25)21-8-10-22(27)11-9-21/h2-11,16-17,27H,12-15H2,1H3,(H,24,28)/t17-/m1/s1. The number of phenolic OH excluding ortho intramolecular Hbond substituents is 1. The average molecular weight is 375 g/mol. The highest BCUT2D eigenvalue weighted by molar-refractivity contribution is 5.97. The summed E-state index contributed by atoms with van der Waals surface area (Å²) in [6.07, 6.45) is 0. The fourth-order valence-electron chi connectivity index (χ4n) is 3.71. The predicted octanol–water partition coefficient (Wildman–Crippen LogP) is 3.69. The Kier molecular flexibility index (Phi) is 5.17. The minimum Gasteiger partial charge on any atom is -0.508 e. The van der Waals surface area contributed by atoms with Crippen LogP contribution in [-0.4, -0.2) is 48.1 Å². The average Bonchev–Trinajstić information content (AvgIpc) is 2.74. The van der Waals surface area contributed by atoms with E-state index >= 15 is 0 Å². The molecule has 1 aliphatic heterocycles. The monoisotopic (exact) mass is 375 g/mol. The molecule has 1 heterocycles. The number of aromatic hydroxyl groups is 1. The second-order valence-corrected chi connectivity index (χ2v) is 7.27. The molecular formula is C23H25N3O2. The molecule has 0 radical (unpaired) electrons. The van der Waals surface area contributed by atoms with Crippen molar-refractivity contribution in [1.29, 1.82) is 0 Å². The lowest BCUT2D eigenvalue weighted by atomic mass is 10.1. The first kappa shape index (κ1) is 18.3. The van der Waals surface area contributed by atoms with Gasteiger partial charge in [0.2, 0.25) is 5.91 Å². The quantitative estimate of drug-likeness (QED) is 0.730. The Hall–Kier alpha value is -3.05. The van der Waals surface area contributed by atoms with Crippen LogP contribution in [-0.2, 0) is 4.79 Å². The maximum atomic E-state index is 12.7. The van der Waals surface area contributed by atoms with Gasteiger partial charge in [-0.1, -0.05) is 30.3 Å². The summed E-state index contributed by atoms with van der Waals surface area (Å²) >= 11 is 0. The molecule has 1 amide bonds. The van der Waals surface area contributed by atoms with Gasteiger partial charge in [0.25, 0.3) is 0 Å². The second kappa shape index (κ2) is 7.90. The topological polar surface area (TPSA) is 55.8 Å². The molecule has 0 bridgehead atoms. The van der Waals surface area contributed by atoms with Crippen molar-refractivity contribution in [1.82, 2.24) is 4.90 Å². The Morgan fingerprint density at radius 2 is 1.61 bits per heavy atom. The number of nitrogens with zero attached hydrogens (tertiary/aromatic N) is 2. The summed E-state index contributed by atoms with van der Waals surface area (Å²) in [6.45, 7) is 5.34. The van der Waals surface area contributed by atoms with Crippen molar-refractivity contribution < 1.29 is 9.90 Å². The van der Waals surface area contributed by atoms with Crippen LogP contribution < -0.4 is 10.2 Å². The smallest absolute Gasteiger partial charge is 0.241 e. The van der Waals surface area contributed by atoms with Gasteiger partial charge in [0.05, 0.1) is 6.04 Å². The fraction of sp³-hybridized carbons (Fsp3) is 0.261. The largest absolute Gasteiger partial charge is 0.508 e. The molecule has 5 nitrogen and oxygen atoms in total. The van der Waals surface area contributed by atoms with Crippen molar-refractivity contribution in [2.75, 3.05) is 36.4 Å². The van der Waals surface area contributed by atoms with E-state index in [4.69, 9.17) is 0 Å². The number of piperazine rings is 1. The highest BCUT2D eigenvalue weighted by atomic mass is 16.3. The summed E-state index contributed by atoms with van der Waals surface area (Å²) in [5.41, 5.74) is 1.93. The van der Waals surface area contributed by atoms with E-state index in [0.29, 0.717) is 0 Å². The van der Waals surface area contributed by atoms with Crippen LogP contribution in [0.15, 0.2) is 66.7 Å². The van der Waals surface area contributed by atoms with Gasteiger partial charge in [-0.3, -0.25) is 9.69 Å². The zero-order chi connectivity index (χ0) is 19.5. The molecule has 144 valence electrons. The number of hydrogen-bond donors (Lipinski definition) is 2. The van der Waals surface area contributed by atoms with Gasteiger partial charge in [-0.05, 0) is 54.1 Å². The van der Waals surface area contributed by atoms with Gasteiger partial charge in [0.15, 0.2) is 0 Å². The number of fused-ring (bicyclic) bond motifs is 1. The van der Waals surface area contributed by atoms with Crippen LogP contribution in [0.5, 0.6) is 5.75 Å². The van der Waals surface area contributed by atoms with Gasteiger partial charge in [0.1, 0.15) is 5.75 Å². The molecule has 28 heavy (non-hydrogen) atoms. The Bertz CT molecular complexity index is 963. The Morgan fingerprint density at radius 3 is 2.32 bits per heavy atom. The van der Waals surface area contributed by atoms with E-state index < -0.39 is 0 Å². The number of amides is 1. The summed E-state index contributed by atoms with van der Waals surface area (Å²) in [5, 5.41) is 14.8. The zero-order valence-corrected chi connectivity index (χ0v) is 16.0. The van der Waals surface area contributed by atoms with Crippen molar-refractivity contribution in [3.63, 3.8) is 0 Å². The van der Waals surface area contributed by atoms with Gasteiger partial charge in [-0.25, -0.2) is 0 Å². The van der Waals surface area contributed by atoms with Gasteiger partial charge >= 0.3 is 0 Å². The van der Waals surface area contributed by atoms with Crippen LogP contribution in [0.25, 0.3) is 10.8 Å². The summed E-state index contributed by atoms with van der Waals surface area (Å²) in [6, 6.07) is 21.2. The van der Waals surface area contributed by atoms with Crippen LogP contribution in [0.2, 0.25) is 0 Å². The first-order chi connectivity index (χ1) is 13.6. The molecule has 0 unspecified atom stereocenters. The maximum Gasteiger partial charge on any atom is 0.241 e. The molecule has 5 heteroatoms. The number of hydrogen-bond acceptors (Lipinski definition) is 4. The molecule has 1 saturated heterocycles. The Labute approximate surface area is 165 Å². The Morgan fingerprint density at radius 1 is 0.929 bits per heavy atom. The highest BCUT2D eigenvalue weighted by Crippen LogP contribution is 2.22. The van der Waals surface area contributed by atoms with Gasteiger partial charge < -0.3 is 15.3 Å². The molecule has 1 aliphatic rings. The van der Waals surface area contributed by atoms with Crippen molar-refractivity contribution in [3.8, 4) is 5.75 Å². The SMILES string of the molecule is C[C@H](C(=O)Nc1ccc2ccccc2c1)N1CCN(c2ccc(O)cc2)CC1. The van der Waals surface area contributed by atoms with Crippen molar-refractivity contribution >= 4 is 28.1 Å². The van der Waals surface area contributed by atoms with E-state index in [1.807, 2.05) is 49.4 Å². The predicted molar refractivity (Wildman–Crippen MR) is 114 cm³/mol. The number of nitrogens with one attached hydrogen (secondary N) is 1. The highest BCUT2D eigenvalue weighted by Gasteiger charge is 2.25. The van der Waals surface area contributed by atoms with Gasteiger partial charge in [-0.2, -0.15) is 0 Å². The minimum absolute atomic E-state index is 0.0216. The molecule has 0 saturated carbocycles. The third-order valence-corrected chi connectivity index (χ3v) is 5.47. The molecular weight excluding hydrogens is 350 g/mol. The molecule has 1 fully saturated rings. The van der Waals surface area contributed by atoms with Crippen LogP contribution in [0.3, 0.4) is 0 Å². The number of anilines is 2. The maximum absolute atomic E-state index is 12.7. The molecule has 0 aromatic heterocycles. The van der Waals surface area contributed by atoms with E-state index in [1.165, 1.54) is 5.39 Å². The number of phenols is 1. The lowest BCUT2D eigenvalue weighted by Gasteiger charge is -2.38. The van der Waals surface area contributed by atoms with Crippen LogP contribution in [0, 0.1) is 0 Å². The van der Waals surface area contributed by atoms with Crippen molar-refractivity contribution in [3.05, 3.63) is 66.7 Å². The van der Waals surface area contributed by atoms with Crippen LogP contribution >= 0.6 is 0 Å². The summed E-state index contributed by atoms with van der Waals surface area (Å²) in [7, 11) is 0. The number of rotatable bonds is 4. The molecule has 2 N–H and O–H groups in total. The van der Waals surface area contributed by atoms with E-state index in [0.717, 1.165) is 42.9 Å². The minimum atomic E-state index is -0.187. The fourth-order valence-corrected chi connectivity index (χ4v) is 3.71. The number of carbonyl (C=O) groups excluding carboxylic acids is 1. The summed E-state index contributed by atoms with van der Waals surface area (Å²) in [4.78, 5) is 17.2. The molecule has 0 aliphatic carbocycles. The molecule has 3 aromatic carbocycles. The Balaban J connectivity index is 1.35. The second-order valence-electron chi connectivity index (χ2n) is 7.27. The van der Waals surface area contributed by atoms with E-state index in [9.17, 15) is 9.90 Å². The normalized spacial score (nSPS) is 16.1. The van der Waals surface area contributed by atoms with E-state index in [1.54, 1.807) is 12.1 Å². The van der Waals surface area contributed by atoms with Gasteiger partial charge in [-0.15, -0.1) is 0 Å². The summed E-state index contributed by atoms with van der Waals surface area (Å²) < 4.78 is 0. The molecule has 1 atom stereocenters. The van der Waals surface area contributed by atoms with Gasteiger partial charge in [0, 0.05) is 37.6 Å². The first-order valence-electron chi connectivity index (χ1n) is 9.68. The molecule has 0 spiro atoms. The third kappa shape index (κ3) is 3.94.